The molecule has 2 rings (SSSR count). The van der Waals surface area contributed by atoms with Crippen molar-refractivity contribution < 1.29 is 4.74 Å². The molecule has 1 fully saturated rings. The van der Waals surface area contributed by atoms with Gasteiger partial charge in [-0.3, -0.25) is 4.99 Å². The van der Waals surface area contributed by atoms with Gasteiger partial charge in [0.2, 0.25) is 0 Å². The molecule has 0 aliphatic heterocycles. The van der Waals surface area contributed by atoms with Gasteiger partial charge in [-0.15, -0.1) is 0 Å². The highest BCUT2D eigenvalue weighted by Gasteiger charge is 2.24. The summed E-state index contributed by atoms with van der Waals surface area (Å²) in [5.41, 5.74) is 1.23. The van der Waals surface area contributed by atoms with Crippen LogP contribution >= 0.6 is 11.8 Å². The second kappa shape index (κ2) is 10.6. The minimum Gasteiger partial charge on any atom is -0.374 e. The maximum absolute atomic E-state index is 5.90. The van der Waals surface area contributed by atoms with Crippen molar-refractivity contribution in [1.82, 2.24) is 10.6 Å². The van der Waals surface area contributed by atoms with Gasteiger partial charge >= 0.3 is 0 Å². The fourth-order valence-electron chi connectivity index (χ4n) is 3.03. The third-order valence-corrected chi connectivity index (χ3v) is 5.63. The lowest BCUT2D eigenvalue weighted by Gasteiger charge is -2.18. The van der Waals surface area contributed by atoms with Crippen molar-refractivity contribution in [2.75, 3.05) is 26.5 Å². The maximum atomic E-state index is 5.90. The van der Waals surface area contributed by atoms with Crippen LogP contribution in [0.4, 0.5) is 0 Å². The summed E-state index contributed by atoms with van der Waals surface area (Å²) in [7, 11) is 1.84. The minimum atomic E-state index is 0.144. The maximum Gasteiger partial charge on any atom is 0.191 e. The molecule has 2 N–H and O–H groups in total. The summed E-state index contributed by atoms with van der Waals surface area (Å²) in [6.45, 7) is 3.73. The predicted octanol–water partition coefficient (Wildman–Crippen LogP) is 3.60. The summed E-state index contributed by atoms with van der Waals surface area (Å²) in [6.07, 6.45) is 7.10. The van der Waals surface area contributed by atoms with Crippen molar-refractivity contribution in [2.45, 2.75) is 50.0 Å². The fraction of sp³-hybridized carbons (Fsp3) is 0.632. The number of hydrogen-bond acceptors (Lipinski definition) is 3. The first-order chi connectivity index (χ1) is 11.7. The van der Waals surface area contributed by atoms with Gasteiger partial charge in [0, 0.05) is 31.5 Å². The lowest BCUT2D eigenvalue weighted by atomic mass is 10.1. The normalized spacial score (nSPS) is 22.4. The zero-order chi connectivity index (χ0) is 17.2. The van der Waals surface area contributed by atoms with Crippen LogP contribution in [0.15, 0.2) is 35.3 Å². The topological polar surface area (TPSA) is 45.7 Å². The van der Waals surface area contributed by atoms with Crippen molar-refractivity contribution in [3.63, 3.8) is 0 Å². The van der Waals surface area contributed by atoms with E-state index in [2.05, 4.69) is 53.1 Å². The molecule has 1 aliphatic rings. The van der Waals surface area contributed by atoms with Gasteiger partial charge in [-0.25, -0.2) is 0 Å². The first-order valence-corrected chi connectivity index (χ1v) is 10.2. The Morgan fingerprint density at radius 1 is 1.33 bits per heavy atom. The molecule has 0 amide bonds. The number of thioether (sulfide) groups is 1. The van der Waals surface area contributed by atoms with Gasteiger partial charge in [-0.1, -0.05) is 30.3 Å². The van der Waals surface area contributed by atoms with Crippen LogP contribution in [-0.2, 0) is 4.74 Å². The van der Waals surface area contributed by atoms with Gasteiger partial charge in [0.15, 0.2) is 5.96 Å². The van der Waals surface area contributed by atoms with Crippen LogP contribution in [0, 0.1) is 0 Å². The Bertz CT molecular complexity index is 495. The zero-order valence-corrected chi connectivity index (χ0v) is 15.9. The first-order valence-electron chi connectivity index (χ1n) is 8.89. The number of benzene rings is 1. The van der Waals surface area contributed by atoms with Crippen LogP contribution in [0.2, 0.25) is 0 Å². The Labute approximate surface area is 150 Å². The van der Waals surface area contributed by atoms with E-state index in [-0.39, 0.29) is 6.10 Å². The number of nitrogens with zero attached hydrogens (tertiary/aromatic N) is 1. The van der Waals surface area contributed by atoms with Crippen molar-refractivity contribution in [3.8, 4) is 0 Å². The summed E-state index contributed by atoms with van der Waals surface area (Å²) in [5, 5.41) is 7.73. The van der Waals surface area contributed by atoms with Crippen molar-refractivity contribution in [1.29, 1.82) is 0 Å². The van der Waals surface area contributed by atoms with Crippen LogP contribution in [0.25, 0.3) is 0 Å². The molecule has 0 aromatic heterocycles. The summed E-state index contributed by atoms with van der Waals surface area (Å²) in [5.74, 6) is 0.915. The van der Waals surface area contributed by atoms with Crippen LogP contribution in [-0.4, -0.2) is 43.7 Å². The Morgan fingerprint density at radius 3 is 2.79 bits per heavy atom. The van der Waals surface area contributed by atoms with Crippen LogP contribution in [0.5, 0.6) is 0 Å². The third kappa shape index (κ3) is 6.36. The standard InChI is InChI=1S/C19H31N3OS/c1-15(16-8-5-4-6-9-16)23-13-7-12-21-19(20-2)22-17-10-11-18(14-17)24-3/h4-6,8-9,15,17-18H,7,10-14H2,1-3H3,(H2,20,21,22). The summed E-state index contributed by atoms with van der Waals surface area (Å²) in [6, 6.07) is 10.9. The number of aliphatic imine (C=N–C) groups is 1. The minimum absolute atomic E-state index is 0.144. The number of guanidine groups is 1. The molecule has 4 nitrogen and oxygen atoms in total. The van der Waals surface area contributed by atoms with Crippen LogP contribution in [0.1, 0.15) is 44.3 Å². The van der Waals surface area contributed by atoms with E-state index in [0.717, 1.165) is 30.8 Å². The molecule has 3 unspecified atom stereocenters. The van der Waals surface area contributed by atoms with E-state index in [0.29, 0.717) is 6.04 Å². The summed E-state index contributed by atoms with van der Waals surface area (Å²) >= 11 is 1.98. The molecule has 0 bridgehead atoms. The third-order valence-electron chi connectivity index (χ3n) is 4.53. The Hall–Kier alpha value is -1.20. The Kier molecular flexibility index (Phi) is 8.47. The molecule has 134 valence electrons. The smallest absolute Gasteiger partial charge is 0.191 e. The molecule has 0 heterocycles. The molecule has 0 spiro atoms. The number of hydrogen-bond donors (Lipinski definition) is 2. The number of nitrogens with one attached hydrogen (secondary N) is 2. The van der Waals surface area contributed by atoms with Gasteiger partial charge < -0.3 is 15.4 Å². The highest BCUT2D eigenvalue weighted by atomic mass is 32.2. The largest absolute Gasteiger partial charge is 0.374 e. The second-order valence-electron chi connectivity index (χ2n) is 6.29. The van der Waals surface area contributed by atoms with Gasteiger partial charge in [0.05, 0.1) is 6.10 Å². The number of rotatable bonds is 8. The SMILES string of the molecule is CN=C(NCCCOC(C)c1ccccc1)NC1CCC(SC)C1. The summed E-state index contributed by atoms with van der Waals surface area (Å²) < 4.78 is 5.90. The van der Waals surface area contributed by atoms with E-state index in [1.807, 2.05) is 24.9 Å². The van der Waals surface area contributed by atoms with Gasteiger partial charge in [0.1, 0.15) is 0 Å². The number of ether oxygens (including phenoxy) is 1. The van der Waals surface area contributed by atoms with Crippen molar-refractivity contribution in [2.24, 2.45) is 4.99 Å². The molecule has 1 aliphatic carbocycles. The van der Waals surface area contributed by atoms with E-state index in [9.17, 15) is 0 Å². The van der Waals surface area contributed by atoms with E-state index in [1.165, 1.54) is 24.8 Å². The van der Waals surface area contributed by atoms with Gasteiger partial charge in [-0.2, -0.15) is 11.8 Å². The average Bonchev–Trinajstić information content (AvgIpc) is 3.08. The molecule has 3 atom stereocenters. The molecule has 1 saturated carbocycles. The van der Waals surface area contributed by atoms with Gasteiger partial charge in [0.25, 0.3) is 0 Å². The molecule has 24 heavy (non-hydrogen) atoms. The highest BCUT2D eigenvalue weighted by molar-refractivity contribution is 7.99. The molecular weight excluding hydrogens is 318 g/mol. The monoisotopic (exact) mass is 349 g/mol. The van der Waals surface area contributed by atoms with E-state index >= 15 is 0 Å². The van der Waals surface area contributed by atoms with Crippen molar-refractivity contribution in [3.05, 3.63) is 35.9 Å². The lowest BCUT2D eigenvalue weighted by Crippen LogP contribution is -2.43. The molecular formula is C19H31N3OS. The molecule has 1 aromatic carbocycles. The van der Waals surface area contributed by atoms with E-state index in [4.69, 9.17) is 4.74 Å². The van der Waals surface area contributed by atoms with Crippen LogP contribution < -0.4 is 10.6 Å². The Balaban J connectivity index is 1.59. The lowest BCUT2D eigenvalue weighted by molar-refractivity contribution is 0.0646. The van der Waals surface area contributed by atoms with Crippen LogP contribution in [0.3, 0.4) is 0 Å². The predicted molar refractivity (Wildman–Crippen MR) is 105 cm³/mol. The second-order valence-corrected chi connectivity index (χ2v) is 7.43. The van der Waals surface area contributed by atoms with Crippen molar-refractivity contribution >= 4 is 17.7 Å². The average molecular weight is 350 g/mol. The first kappa shape index (κ1) is 19.1. The quantitative estimate of drug-likeness (QED) is 0.428. The Morgan fingerprint density at radius 2 is 2.12 bits per heavy atom. The molecule has 5 heteroatoms. The molecule has 1 aromatic rings. The fourth-order valence-corrected chi connectivity index (χ4v) is 3.83. The zero-order valence-electron chi connectivity index (χ0n) is 15.1. The summed E-state index contributed by atoms with van der Waals surface area (Å²) in [4.78, 5) is 4.33. The van der Waals surface area contributed by atoms with E-state index in [1.54, 1.807) is 0 Å². The highest BCUT2D eigenvalue weighted by Crippen LogP contribution is 2.27. The molecule has 0 saturated heterocycles. The van der Waals surface area contributed by atoms with Gasteiger partial charge in [-0.05, 0) is 44.4 Å². The molecule has 0 radical (unpaired) electrons. The van der Waals surface area contributed by atoms with E-state index < -0.39 is 0 Å².